The average molecular weight is 203 g/mol. The molecule has 0 spiro atoms. The van der Waals surface area contributed by atoms with Gasteiger partial charge >= 0.3 is 0 Å². The summed E-state index contributed by atoms with van der Waals surface area (Å²) in [5, 5.41) is 0. The van der Waals surface area contributed by atoms with Crippen LogP contribution in [0.15, 0.2) is 18.2 Å². The molecular formula is C9H11F2NO2. The Kier molecular flexibility index (Phi) is 4.28. The van der Waals surface area contributed by atoms with E-state index in [0.717, 1.165) is 12.1 Å². The summed E-state index contributed by atoms with van der Waals surface area (Å²) in [6.45, 7) is 0.714. The fraction of sp³-hybridized carbons (Fsp3) is 0.333. The van der Waals surface area contributed by atoms with Crippen LogP contribution in [0.2, 0.25) is 0 Å². The molecule has 0 amide bonds. The lowest BCUT2D eigenvalue weighted by Crippen LogP contribution is -2.06. The maximum atomic E-state index is 12.7. The molecule has 0 radical (unpaired) electrons. The van der Waals surface area contributed by atoms with Crippen LogP contribution in [-0.4, -0.2) is 13.2 Å². The molecule has 0 saturated carbocycles. The van der Waals surface area contributed by atoms with E-state index in [4.69, 9.17) is 10.6 Å². The van der Waals surface area contributed by atoms with Crippen molar-refractivity contribution in [1.82, 2.24) is 0 Å². The molecule has 1 aromatic carbocycles. The van der Waals surface area contributed by atoms with Gasteiger partial charge in [-0.05, 0) is 12.1 Å². The zero-order valence-corrected chi connectivity index (χ0v) is 7.50. The van der Waals surface area contributed by atoms with Gasteiger partial charge in [-0.2, -0.15) is 0 Å². The van der Waals surface area contributed by atoms with Crippen molar-refractivity contribution in [2.24, 2.45) is 5.90 Å². The van der Waals surface area contributed by atoms with Gasteiger partial charge in [-0.1, -0.05) is 0 Å². The highest BCUT2D eigenvalue weighted by Gasteiger charge is 2.02. The molecule has 5 heteroatoms. The third-order valence-electron chi connectivity index (χ3n) is 1.57. The molecule has 3 nitrogen and oxygen atoms in total. The molecule has 0 aliphatic rings. The molecule has 0 aliphatic carbocycles. The maximum absolute atomic E-state index is 12.7. The fourth-order valence-electron chi connectivity index (χ4n) is 0.899. The largest absolute Gasteiger partial charge is 0.493 e. The normalized spacial score (nSPS) is 10.2. The first-order valence-electron chi connectivity index (χ1n) is 4.13. The van der Waals surface area contributed by atoms with Gasteiger partial charge in [-0.15, -0.1) is 0 Å². The van der Waals surface area contributed by atoms with Crippen molar-refractivity contribution in [2.45, 2.75) is 6.42 Å². The second-order valence-electron chi connectivity index (χ2n) is 2.65. The third-order valence-corrected chi connectivity index (χ3v) is 1.57. The van der Waals surface area contributed by atoms with Crippen LogP contribution in [0, 0.1) is 11.6 Å². The molecule has 0 atom stereocenters. The minimum atomic E-state index is -0.919. The Bertz CT molecular complexity index is 294. The van der Waals surface area contributed by atoms with E-state index in [2.05, 4.69) is 4.84 Å². The lowest BCUT2D eigenvalue weighted by Gasteiger charge is -2.05. The smallest absolute Gasteiger partial charge is 0.162 e. The van der Waals surface area contributed by atoms with E-state index in [-0.39, 0.29) is 0 Å². The minimum Gasteiger partial charge on any atom is -0.493 e. The number of hydrogen-bond acceptors (Lipinski definition) is 3. The molecule has 1 rings (SSSR count). The minimum absolute atomic E-state index is 0.293. The van der Waals surface area contributed by atoms with E-state index in [0.29, 0.717) is 25.4 Å². The van der Waals surface area contributed by atoms with Gasteiger partial charge in [0.1, 0.15) is 5.75 Å². The molecule has 0 unspecified atom stereocenters. The van der Waals surface area contributed by atoms with Crippen LogP contribution in [0.5, 0.6) is 5.75 Å². The van der Waals surface area contributed by atoms with Crippen LogP contribution in [0.25, 0.3) is 0 Å². The number of nitrogens with two attached hydrogens (primary N) is 1. The number of halogens is 2. The van der Waals surface area contributed by atoms with E-state index >= 15 is 0 Å². The predicted molar refractivity (Wildman–Crippen MR) is 46.6 cm³/mol. The van der Waals surface area contributed by atoms with Gasteiger partial charge in [0, 0.05) is 12.5 Å². The van der Waals surface area contributed by atoms with Crippen molar-refractivity contribution >= 4 is 0 Å². The quantitative estimate of drug-likeness (QED) is 0.584. The van der Waals surface area contributed by atoms with Crippen molar-refractivity contribution in [1.29, 1.82) is 0 Å². The molecule has 0 aromatic heterocycles. The first kappa shape index (κ1) is 10.9. The average Bonchev–Trinajstić information content (AvgIpc) is 2.18. The van der Waals surface area contributed by atoms with E-state index < -0.39 is 11.6 Å². The third kappa shape index (κ3) is 3.27. The summed E-state index contributed by atoms with van der Waals surface area (Å²) in [4.78, 5) is 4.31. The maximum Gasteiger partial charge on any atom is 0.162 e. The Labute approximate surface area is 80.4 Å². The van der Waals surface area contributed by atoms with Crippen LogP contribution in [0.1, 0.15) is 6.42 Å². The Morgan fingerprint density at radius 2 is 1.93 bits per heavy atom. The number of hydrogen-bond donors (Lipinski definition) is 1. The Morgan fingerprint density at radius 1 is 1.14 bits per heavy atom. The van der Waals surface area contributed by atoms with Gasteiger partial charge in [0.2, 0.25) is 0 Å². The highest BCUT2D eigenvalue weighted by molar-refractivity contribution is 5.23. The highest BCUT2D eigenvalue weighted by atomic mass is 19.2. The van der Waals surface area contributed by atoms with E-state index in [1.807, 2.05) is 0 Å². The second-order valence-corrected chi connectivity index (χ2v) is 2.65. The van der Waals surface area contributed by atoms with Gasteiger partial charge in [0.15, 0.2) is 11.6 Å². The standard InChI is InChI=1S/C9H11F2NO2/c10-8-3-2-7(6-9(8)11)13-4-1-5-14-12/h2-3,6H,1,4-5,12H2. The number of benzene rings is 1. The van der Waals surface area contributed by atoms with Crippen molar-refractivity contribution in [2.75, 3.05) is 13.2 Å². The summed E-state index contributed by atoms with van der Waals surface area (Å²) in [5.41, 5.74) is 0. The molecule has 2 N–H and O–H groups in total. The van der Waals surface area contributed by atoms with E-state index in [1.165, 1.54) is 6.07 Å². The zero-order valence-electron chi connectivity index (χ0n) is 7.50. The van der Waals surface area contributed by atoms with Crippen molar-refractivity contribution < 1.29 is 18.4 Å². The molecular weight excluding hydrogens is 192 g/mol. The van der Waals surface area contributed by atoms with Crippen LogP contribution in [-0.2, 0) is 4.84 Å². The molecule has 0 heterocycles. The fourth-order valence-corrected chi connectivity index (χ4v) is 0.899. The molecule has 1 aromatic rings. The number of ether oxygens (including phenoxy) is 1. The van der Waals surface area contributed by atoms with Crippen LogP contribution in [0.4, 0.5) is 8.78 Å². The van der Waals surface area contributed by atoms with E-state index in [1.54, 1.807) is 0 Å². The van der Waals surface area contributed by atoms with Gasteiger partial charge in [-0.25, -0.2) is 14.7 Å². The topological polar surface area (TPSA) is 44.5 Å². The summed E-state index contributed by atoms with van der Waals surface area (Å²) >= 11 is 0. The van der Waals surface area contributed by atoms with Gasteiger partial charge in [0.05, 0.1) is 13.2 Å². The molecule has 0 aliphatic heterocycles. The number of rotatable bonds is 5. The Balaban J connectivity index is 2.39. The summed E-state index contributed by atoms with van der Waals surface area (Å²) in [7, 11) is 0. The summed E-state index contributed by atoms with van der Waals surface area (Å²) in [5.74, 6) is 3.27. The molecule has 78 valence electrons. The SMILES string of the molecule is NOCCCOc1ccc(F)c(F)c1. The molecule has 14 heavy (non-hydrogen) atoms. The first-order valence-corrected chi connectivity index (χ1v) is 4.13. The monoisotopic (exact) mass is 203 g/mol. The van der Waals surface area contributed by atoms with Gasteiger partial charge in [-0.3, -0.25) is 0 Å². The van der Waals surface area contributed by atoms with Crippen LogP contribution in [0.3, 0.4) is 0 Å². The van der Waals surface area contributed by atoms with Gasteiger partial charge in [0.25, 0.3) is 0 Å². The Hall–Kier alpha value is -1.20. The predicted octanol–water partition coefficient (Wildman–Crippen LogP) is 1.62. The van der Waals surface area contributed by atoms with Crippen molar-refractivity contribution in [3.63, 3.8) is 0 Å². The molecule has 0 saturated heterocycles. The highest BCUT2D eigenvalue weighted by Crippen LogP contribution is 2.15. The summed E-state index contributed by atoms with van der Waals surface area (Å²) in [6, 6.07) is 3.38. The van der Waals surface area contributed by atoms with E-state index in [9.17, 15) is 8.78 Å². The first-order chi connectivity index (χ1) is 6.74. The van der Waals surface area contributed by atoms with Gasteiger partial charge < -0.3 is 9.57 Å². The summed E-state index contributed by atoms with van der Waals surface area (Å²) < 4.78 is 30.2. The summed E-state index contributed by atoms with van der Waals surface area (Å²) in [6.07, 6.45) is 0.593. The molecule has 0 fully saturated rings. The van der Waals surface area contributed by atoms with Crippen molar-refractivity contribution in [3.05, 3.63) is 29.8 Å². The molecule has 0 bridgehead atoms. The van der Waals surface area contributed by atoms with Crippen LogP contribution >= 0.6 is 0 Å². The van der Waals surface area contributed by atoms with Crippen LogP contribution < -0.4 is 10.6 Å². The Morgan fingerprint density at radius 3 is 2.57 bits per heavy atom. The zero-order chi connectivity index (χ0) is 10.4. The lowest BCUT2D eigenvalue weighted by atomic mass is 10.3. The lowest BCUT2D eigenvalue weighted by molar-refractivity contribution is 0.122. The second kappa shape index (κ2) is 5.51. The van der Waals surface area contributed by atoms with Crippen molar-refractivity contribution in [3.8, 4) is 5.75 Å².